The van der Waals surface area contributed by atoms with Gasteiger partial charge >= 0.3 is 0 Å². The van der Waals surface area contributed by atoms with E-state index >= 15 is 0 Å². The Kier molecular flexibility index (Phi) is 5.22. The molecule has 36 heavy (non-hydrogen) atoms. The average Bonchev–Trinajstić information content (AvgIpc) is 3.44. The van der Waals surface area contributed by atoms with Gasteiger partial charge in [0.15, 0.2) is 0 Å². The van der Waals surface area contributed by atoms with Crippen molar-refractivity contribution in [2.45, 2.75) is 52.9 Å². The maximum absolute atomic E-state index is 6.17. The first-order chi connectivity index (χ1) is 17.3. The second-order valence-corrected chi connectivity index (χ2v) is 10.7. The number of fused-ring (bicyclic) bond motifs is 3. The molecule has 4 heteroatoms. The van der Waals surface area contributed by atoms with Gasteiger partial charge in [0, 0.05) is 35.2 Å². The third kappa shape index (κ3) is 3.78. The topological polar surface area (TPSA) is 52.1 Å². The molecule has 0 spiro atoms. The van der Waals surface area contributed by atoms with Crippen LogP contribution in [0.1, 0.15) is 51.0 Å². The molecule has 0 saturated heterocycles. The van der Waals surface area contributed by atoms with Crippen LogP contribution in [0.5, 0.6) is 0 Å². The van der Waals surface area contributed by atoms with Gasteiger partial charge in [0.25, 0.3) is 0 Å². The van der Waals surface area contributed by atoms with Crippen LogP contribution in [0.25, 0.3) is 55.2 Å². The highest BCUT2D eigenvalue weighted by atomic mass is 16.3. The van der Waals surface area contributed by atoms with Gasteiger partial charge in [-0.2, -0.15) is 0 Å². The van der Waals surface area contributed by atoms with Crippen LogP contribution < -0.4 is 0 Å². The second-order valence-electron chi connectivity index (χ2n) is 10.7. The molecular weight excluding hydrogens is 444 g/mol. The lowest BCUT2D eigenvalue weighted by atomic mass is 9.82. The average molecular weight is 475 g/mol. The molecule has 0 bridgehead atoms. The Morgan fingerprint density at radius 1 is 0.917 bits per heavy atom. The van der Waals surface area contributed by atoms with Gasteiger partial charge < -0.3 is 8.83 Å². The lowest BCUT2D eigenvalue weighted by Crippen LogP contribution is -2.12. The van der Waals surface area contributed by atoms with Gasteiger partial charge in [-0.05, 0) is 82.8 Å². The Labute approximate surface area is 211 Å². The van der Waals surface area contributed by atoms with Crippen LogP contribution in [-0.2, 0) is 11.8 Å². The molecular formula is C32H30N2O2. The highest BCUT2D eigenvalue weighted by Gasteiger charge is 2.21. The van der Waals surface area contributed by atoms with Crippen molar-refractivity contribution < 1.29 is 8.83 Å². The van der Waals surface area contributed by atoms with E-state index in [9.17, 15) is 0 Å². The number of pyridine rings is 2. The van der Waals surface area contributed by atoms with E-state index in [2.05, 4.69) is 88.1 Å². The summed E-state index contributed by atoms with van der Waals surface area (Å²) in [7, 11) is 0. The Morgan fingerprint density at radius 2 is 1.78 bits per heavy atom. The first-order valence-electron chi connectivity index (χ1n) is 12.6. The smallest absolute Gasteiger partial charge is 0.227 e. The van der Waals surface area contributed by atoms with E-state index in [1.165, 1.54) is 10.9 Å². The third-order valence-electron chi connectivity index (χ3n) is 6.97. The molecule has 0 fully saturated rings. The van der Waals surface area contributed by atoms with Gasteiger partial charge in [-0.15, -0.1) is 0 Å². The Bertz CT molecular complexity index is 1750. The minimum absolute atomic E-state index is 0.0357. The molecule has 0 aliphatic carbocycles. The summed E-state index contributed by atoms with van der Waals surface area (Å²) in [5.41, 5.74) is 8.01. The summed E-state index contributed by atoms with van der Waals surface area (Å²) in [5, 5.41) is 4.51. The zero-order chi connectivity index (χ0) is 25.0. The molecule has 0 atom stereocenters. The van der Waals surface area contributed by atoms with E-state index in [1.807, 2.05) is 12.4 Å². The number of benzene rings is 2. The number of nitrogens with zero attached hydrogens (tertiary/aromatic N) is 2. The van der Waals surface area contributed by atoms with Crippen LogP contribution in [0.3, 0.4) is 0 Å². The minimum atomic E-state index is -0.0357. The van der Waals surface area contributed by atoms with Gasteiger partial charge in [-0.3, -0.25) is 4.98 Å². The molecule has 4 heterocycles. The first-order valence-corrected chi connectivity index (χ1v) is 12.6. The molecule has 0 radical (unpaired) electrons. The molecule has 0 aliphatic rings. The van der Waals surface area contributed by atoms with Crippen LogP contribution >= 0.6 is 0 Å². The van der Waals surface area contributed by atoms with Crippen molar-refractivity contribution in [1.82, 2.24) is 9.97 Å². The van der Waals surface area contributed by atoms with Crippen LogP contribution in [0.2, 0.25) is 0 Å². The zero-order valence-corrected chi connectivity index (χ0v) is 21.5. The molecule has 0 unspecified atom stereocenters. The van der Waals surface area contributed by atoms with Gasteiger partial charge in [-0.1, -0.05) is 39.8 Å². The maximum Gasteiger partial charge on any atom is 0.227 e. The molecule has 6 rings (SSSR count). The van der Waals surface area contributed by atoms with E-state index in [1.54, 1.807) is 6.26 Å². The van der Waals surface area contributed by atoms with E-state index in [0.717, 1.165) is 68.3 Å². The van der Waals surface area contributed by atoms with Crippen molar-refractivity contribution in [1.29, 1.82) is 0 Å². The quantitative estimate of drug-likeness (QED) is 0.256. The molecule has 6 aromatic rings. The first kappa shape index (κ1) is 22.5. The molecule has 2 aromatic carbocycles. The number of hydrogen-bond donors (Lipinski definition) is 0. The highest BCUT2D eigenvalue weighted by Crippen LogP contribution is 2.39. The lowest BCUT2D eigenvalue weighted by Gasteiger charge is -2.22. The largest absolute Gasteiger partial charge is 0.461 e. The monoisotopic (exact) mass is 474 g/mol. The number of aromatic nitrogens is 2. The van der Waals surface area contributed by atoms with Crippen molar-refractivity contribution in [3.8, 4) is 22.4 Å². The Morgan fingerprint density at radius 3 is 2.58 bits per heavy atom. The normalized spacial score (nSPS) is 12.2. The lowest BCUT2D eigenvalue weighted by molar-refractivity contribution is 0.545. The molecule has 0 saturated carbocycles. The predicted molar refractivity (Wildman–Crippen MR) is 147 cm³/mol. The van der Waals surface area contributed by atoms with Gasteiger partial charge in [-0.25, -0.2) is 4.98 Å². The number of aryl methyl sites for hydroxylation is 2. The SMILES string of the molecule is CCCc1cc2ccc(-c3cc(-c4cc(C(C)(C)C)c5cnccc5c4)nc4occ(C)c34)cc2o1. The summed E-state index contributed by atoms with van der Waals surface area (Å²) in [4.78, 5) is 9.35. The summed E-state index contributed by atoms with van der Waals surface area (Å²) in [5.74, 6) is 1.03. The highest BCUT2D eigenvalue weighted by molar-refractivity contribution is 5.99. The van der Waals surface area contributed by atoms with Gasteiger partial charge in [0.1, 0.15) is 11.3 Å². The van der Waals surface area contributed by atoms with Crippen molar-refractivity contribution in [2.24, 2.45) is 0 Å². The summed E-state index contributed by atoms with van der Waals surface area (Å²) in [6.07, 6.45) is 7.61. The Hall–Kier alpha value is -3.92. The molecule has 180 valence electrons. The molecule has 0 amide bonds. The van der Waals surface area contributed by atoms with Crippen molar-refractivity contribution in [2.75, 3.05) is 0 Å². The minimum Gasteiger partial charge on any atom is -0.461 e. The van der Waals surface area contributed by atoms with Crippen LogP contribution in [0, 0.1) is 6.92 Å². The van der Waals surface area contributed by atoms with E-state index in [0.29, 0.717) is 5.71 Å². The van der Waals surface area contributed by atoms with Crippen molar-refractivity contribution in [3.63, 3.8) is 0 Å². The number of rotatable bonds is 4. The van der Waals surface area contributed by atoms with E-state index in [4.69, 9.17) is 13.8 Å². The van der Waals surface area contributed by atoms with Gasteiger partial charge in [0.05, 0.1) is 17.3 Å². The van der Waals surface area contributed by atoms with E-state index in [-0.39, 0.29) is 5.41 Å². The summed E-state index contributed by atoms with van der Waals surface area (Å²) < 4.78 is 12.1. The molecule has 0 aliphatic heterocycles. The van der Waals surface area contributed by atoms with Crippen molar-refractivity contribution in [3.05, 3.63) is 84.1 Å². The summed E-state index contributed by atoms with van der Waals surface area (Å²) >= 11 is 0. The van der Waals surface area contributed by atoms with Crippen LogP contribution in [0.15, 0.2) is 76.0 Å². The molecule has 4 aromatic heterocycles. The molecule has 4 nitrogen and oxygen atoms in total. The van der Waals surface area contributed by atoms with Crippen LogP contribution in [-0.4, -0.2) is 9.97 Å². The van der Waals surface area contributed by atoms with Crippen LogP contribution in [0.4, 0.5) is 0 Å². The summed E-state index contributed by atoms with van der Waals surface area (Å²) in [6, 6.07) is 17.3. The standard InChI is InChI=1S/C32H30N2O2/c1-6-7-24-13-22-9-8-20(15-29(22)36-24)25-16-28(34-31-30(25)19(2)18-35-31)23-12-21-10-11-33-17-26(21)27(14-23)32(3,4)5/h8-18H,6-7H2,1-5H3. The molecule has 0 N–H and O–H groups in total. The number of furan rings is 2. The Balaban J connectivity index is 1.58. The zero-order valence-electron chi connectivity index (χ0n) is 21.5. The van der Waals surface area contributed by atoms with E-state index < -0.39 is 0 Å². The predicted octanol–water partition coefficient (Wildman–Crippen LogP) is 9.01. The third-order valence-corrected chi connectivity index (χ3v) is 6.97. The fourth-order valence-electron chi connectivity index (χ4n) is 5.16. The van der Waals surface area contributed by atoms with Crippen molar-refractivity contribution >= 4 is 32.8 Å². The second kappa shape index (κ2) is 8.34. The fraction of sp³-hybridized carbons (Fsp3) is 0.250. The number of hydrogen-bond acceptors (Lipinski definition) is 4. The maximum atomic E-state index is 6.17. The summed E-state index contributed by atoms with van der Waals surface area (Å²) in [6.45, 7) is 11.0. The fourth-order valence-corrected chi connectivity index (χ4v) is 5.16. The van der Waals surface area contributed by atoms with Gasteiger partial charge in [0.2, 0.25) is 5.71 Å².